The molecule has 0 unspecified atom stereocenters. The van der Waals surface area contributed by atoms with Crippen molar-refractivity contribution >= 4 is 40.5 Å². The predicted octanol–water partition coefficient (Wildman–Crippen LogP) is 6.85. The third-order valence-electron chi connectivity index (χ3n) is 6.50. The molecule has 4 aromatic rings. The highest BCUT2D eigenvalue weighted by Crippen LogP contribution is 2.27. The van der Waals surface area contributed by atoms with Crippen molar-refractivity contribution in [2.75, 3.05) is 20.3 Å². The van der Waals surface area contributed by atoms with Gasteiger partial charge in [-0.1, -0.05) is 18.3 Å². The molecule has 8 nitrogen and oxygen atoms in total. The summed E-state index contributed by atoms with van der Waals surface area (Å²) in [5.74, 6) is 4.96. The molecule has 0 saturated carbocycles. The van der Waals surface area contributed by atoms with E-state index < -0.39 is 17.9 Å². The molecule has 45 heavy (non-hydrogen) atoms. The van der Waals surface area contributed by atoms with Gasteiger partial charge in [0.05, 0.1) is 24.8 Å². The van der Waals surface area contributed by atoms with Gasteiger partial charge in [0.2, 0.25) is 0 Å². The molecule has 4 aromatic carbocycles. The van der Waals surface area contributed by atoms with Crippen LogP contribution in [0.5, 0.6) is 17.2 Å². The fourth-order valence-corrected chi connectivity index (χ4v) is 4.43. The van der Waals surface area contributed by atoms with E-state index in [1.165, 1.54) is 25.3 Å². The standard InChI is InChI=1S/C36H31IO8/c1-42-36(41)32-24-31(20-21-33(32)45-35(40)28-14-16-29(37)17-15-28)44-34(39)27-12-8-25(9-13-27)6-7-26-10-18-30(19-11-26)43-23-5-3-2-4-22-38/h8-21,24,38H,2-5,22-23H2,1H3. The second-order valence-electron chi connectivity index (χ2n) is 9.77. The summed E-state index contributed by atoms with van der Waals surface area (Å²) in [5.41, 5.74) is 2.06. The van der Waals surface area contributed by atoms with Crippen molar-refractivity contribution < 1.29 is 38.4 Å². The Hall–Kier alpha value is -4.66. The Balaban J connectivity index is 1.35. The van der Waals surface area contributed by atoms with Crippen LogP contribution in [0.25, 0.3) is 0 Å². The summed E-state index contributed by atoms with van der Waals surface area (Å²) in [6.07, 6.45) is 3.79. The molecule has 1 N–H and O–H groups in total. The van der Waals surface area contributed by atoms with Crippen LogP contribution in [-0.4, -0.2) is 43.3 Å². The van der Waals surface area contributed by atoms with E-state index in [1.807, 2.05) is 24.3 Å². The SMILES string of the molecule is COC(=O)c1cc(OC(=O)c2ccc(C#Cc3ccc(OCCCCCCO)cc3)cc2)ccc1OC(=O)c1ccc(I)cc1. The van der Waals surface area contributed by atoms with Gasteiger partial charge in [-0.3, -0.25) is 0 Å². The number of aliphatic hydroxyl groups excluding tert-OH is 1. The summed E-state index contributed by atoms with van der Waals surface area (Å²) in [5, 5.41) is 8.83. The number of hydrogen-bond donors (Lipinski definition) is 1. The summed E-state index contributed by atoms with van der Waals surface area (Å²) >= 11 is 2.13. The first-order valence-electron chi connectivity index (χ1n) is 14.2. The van der Waals surface area contributed by atoms with Gasteiger partial charge in [-0.15, -0.1) is 0 Å². The molecular formula is C36H31IO8. The van der Waals surface area contributed by atoms with Gasteiger partial charge in [0.15, 0.2) is 0 Å². The zero-order valence-electron chi connectivity index (χ0n) is 24.6. The molecule has 0 aromatic heterocycles. The first kappa shape index (κ1) is 33.2. The largest absolute Gasteiger partial charge is 0.494 e. The minimum absolute atomic E-state index is 0.0272. The fourth-order valence-electron chi connectivity index (χ4n) is 4.07. The van der Waals surface area contributed by atoms with Crippen molar-refractivity contribution in [3.8, 4) is 29.1 Å². The summed E-state index contributed by atoms with van der Waals surface area (Å²) in [7, 11) is 1.20. The van der Waals surface area contributed by atoms with Crippen LogP contribution >= 0.6 is 22.6 Å². The number of ether oxygens (including phenoxy) is 4. The van der Waals surface area contributed by atoms with Crippen molar-refractivity contribution in [2.24, 2.45) is 0 Å². The lowest BCUT2D eigenvalue weighted by atomic mass is 10.1. The number of methoxy groups -OCH3 is 1. The van der Waals surface area contributed by atoms with Crippen LogP contribution in [0, 0.1) is 15.4 Å². The topological polar surface area (TPSA) is 108 Å². The summed E-state index contributed by atoms with van der Waals surface area (Å²) in [4.78, 5) is 37.8. The van der Waals surface area contributed by atoms with E-state index in [0.717, 1.165) is 40.6 Å². The Morgan fingerprint density at radius 2 is 1.22 bits per heavy atom. The quantitative estimate of drug-likeness (QED) is 0.0558. The van der Waals surface area contributed by atoms with E-state index in [-0.39, 0.29) is 29.2 Å². The molecule has 0 atom stereocenters. The zero-order valence-corrected chi connectivity index (χ0v) is 26.7. The molecule has 4 rings (SSSR count). The molecular weight excluding hydrogens is 687 g/mol. The van der Waals surface area contributed by atoms with E-state index in [4.69, 9.17) is 24.1 Å². The van der Waals surface area contributed by atoms with Crippen LogP contribution < -0.4 is 14.2 Å². The Morgan fingerprint density at radius 3 is 1.84 bits per heavy atom. The Morgan fingerprint density at radius 1 is 0.667 bits per heavy atom. The van der Waals surface area contributed by atoms with Gasteiger partial charge in [0, 0.05) is 21.3 Å². The van der Waals surface area contributed by atoms with Gasteiger partial charge in [0.1, 0.15) is 22.8 Å². The first-order valence-corrected chi connectivity index (χ1v) is 15.3. The van der Waals surface area contributed by atoms with E-state index in [2.05, 4.69) is 34.4 Å². The number of carbonyl (C=O) groups is 3. The number of esters is 3. The molecule has 0 radical (unpaired) electrons. The maximum atomic E-state index is 12.8. The maximum absolute atomic E-state index is 12.8. The van der Waals surface area contributed by atoms with Crippen LogP contribution in [0.3, 0.4) is 0 Å². The number of benzene rings is 4. The predicted molar refractivity (Wildman–Crippen MR) is 177 cm³/mol. The lowest BCUT2D eigenvalue weighted by Crippen LogP contribution is -2.13. The molecule has 0 aliphatic rings. The first-order chi connectivity index (χ1) is 21.9. The summed E-state index contributed by atoms with van der Waals surface area (Å²) < 4.78 is 22.5. The molecule has 0 fully saturated rings. The summed E-state index contributed by atoms with van der Waals surface area (Å²) in [6, 6.07) is 25.0. The lowest BCUT2D eigenvalue weighted by molar-refractivity contribution is 0.0589. The van der Waals surface area contributed by atoms with E-state index in [0.29, 0.717) is 17.7 Å². The van der Waals surface area contributed by atoms with Crippen molar-refractivity contribution in [3.05, 3.63) is 122 Å². The van der Waals surface area contributed by atoms with Crippen molar-refractivity contribution in [3.63, 3.8) is 0 Å². The molecule has 230 valence electrons. The monoisotopic (exact) mass is 718 g/mol. The second-order valence-corrected chi connectivity index (χ2v) is 11.0. The highest BCUT2D eigenvalue weighted by atomic mass is 127. The Labute approximate surface area is 275 Å². The molecule has 0 amide bonds. The van der Waals surface area contributed by atoms with E-state index >= 15 is 0 Å². The number of unbranched alkanes of at least 4 members (excludes halogenated alkanes) is 3. The minimum atomic E-state index is -0.756. The molecule has 0 aliphatic heterocycles. The Bertz CT molecular complexity index is 1670. The van der Waals surface area contributed by atoms with Crippen LogP contribution in [-0.2, 0) is 4.74 Å². The number of hydrogen-bond acceptors (Lipinski definition) is 8. The van der Waals surface area contributed by atoms with Gasteiger partial charge in [-0.05, 0) is 133 Å². The van der Waals surface area contributed by atoms with Gasteiger partial charge in [-0.25, -0.2) is 14.4 Å². The number of carbonyl (C=O) groups excluding carboxylic acids is 3. The maximum Gasteiger partial charge on any atom is 0.343 e. The molecule has 9 heteroatoms. The van der Waals surface area contributed by atoms with Crippen LogP contribution in [0.15, 0.2) is 91.0 Å². The zero-order chi connectivity index (χ0) is 32.0. The van der Waals surface area contributed by atoms with Gasteiger partial charge in [0.25, 0.3) is 0 Å². The lowest BCUT2D eigenvalue weighted by Gasteiger charge is -2.11. The minimum Gasteiger partial charge on any atom is -0.494 e. The van der Waals surface area contributed by atoms with Gasteiger partial charge in [-0.2, -0.15) is 0 Å². The van der Waals surface area contributed by atoms with E-state index in [9.17, 15) is 14.4 Å². The van der Waals surface area contributed by atoms with Gasteiger partial charge < -0.3 is 24.1 Å². The molecule has 0 aliphatic carbocycles. The second kappa shape index (κ2) is 17.0. The number of aliphatic hydroxyl groups is 1. The van der Waals surface area contributed by atoms with Crippen molar-refractivity contribution in [1.29, 1.82) is 0 Å². The third-order valence-corrected chi connectivity index (χ3v) is 7.22. The van der Waals surface area contributed by atoms with E-state index in [1.54, 1.807) is 48.5 Å². The van der Waals surface area contributed by atoms with Crippen molar-refractivity contribution in [2.45, 2.75) is 25.7 Å². The smallest absolute Gasteiger partial charge is 0.343 e. The Kier molecular flexibility index (Phi) is 12.5. The number of halogens is 1. The van der Waals surface area contributed by atoms with Crippen LogP contribution in [0.1, 0.15) is 67.9 Å². The highest BCUT2D eigenvalue weighted by Gasteiger charge is 2.20. The number of rotatable bonds is 12. The molecule has 0 heterocycles. The molecule has 0 bridgehead atoms. The normalized spacial score (nSPS) is 10.3. The fraction of sp³-hybridized carbons (Fsp3) is 0.194. The molecule has 0 spiro atoms. The summed E-state index contributed by atoms with van der Waals surface area (Å²) in [6.45, 7) is 0.861. The average Bonchev–Trinajstić information content (AvgIpc) is 3.06. The average molecular weight is 719 g/mol. The van der Waals surface area contributed by atoms with Crippen LogP contribution in [0.2, 0.25) is 0 Å². The van der Waals surface area contributed by atoms with Gasteiger partial charge >= 0.3 is 17.9 Å². The third kappa shape index (κ3) is 10.2. The molecule has 0 saturated heterocycles. The van der Waals surface area contributed by atoms with Crippen LogP contribution in [0.4, 0.5) is 0 Å². The highest BCUT2D eigenvalue weighted by molar-refractivity contribution is 14.1. The van der Waals surface area contributed by atoms with Crippen molar-refractivity contribution in [1.82, 2.24) is 0 Å².